The molecule has 6 rings (SSSR count). The molecular weight excluding hydrogens is 446 g/mol. The predicted octanol–water partition coefficient (Wildman–Crippen LogP) is 4.95. The number of aromatic amines is 1. The second-order valence-electron chi connectivity index (χ2n) is 7.85. The van der Waals surface area contributed by atoms with Gasteiger partial charge in [-0.3, -0.25) is 9.78 Å². The fraction of sp³-hybridized carbons (Fsp3) is 0.0800. The Hall–Kier alpha value is -4.37. The minimum absolute atomic E-state index is 0.238. The molecule has 0 aliphatic carbocycles. The van der Waals surface area contributed by atoms with Crippen molar-refractivity contribution >= 4 is 60.7 Å². The van der Waals surface area contributed by atoms with Crippen LogP contribution in [0.4, 0.5) is 17.3 Å². The largest absolute Gasteiger partial charge is 0.357 e. The van der Waals surface area contributed by atoms with Gasteiger partial charge in [0.15, 0.2) is 0 Å². The van der Waals surface area contributed by atoms with Crippen molar-refractivity contribution in [2.45, 2.75) is 0 Å². The van der Waals surface area contributed by atoms with E-state index in [9.17, 15) is 4.79 Å². The third-order valence-corrected chi connectivity index (χ3v) is 6.71. The van der Waals surface area contributed by atoms with E-state index in [1.165, 1.54) is 0 Å². The summed E-state index contributed by atoms with van der Waals surface area (Å²) in [5.74, 6) is 0.424. The summed E-state index contributed by atoms with van der Waals surface area (Å²) in [4.78, 5) is 35.7. The second-order valence-corrected chi connectivity index (χ2v) is 8.74. The maximum atomic E-state index is 12.7. The molecule has 0 aliphatic rings. The highest BCUT2D eigenvalue weighted by atomic mass is 32.1. The van der Waals surface area contributed by atoms with Crippen LogP contribution >= 0.6 is 11.3 Å². The normalized spacial score (nSPS) is 11.4. The zero-order valence-corrected chi connectivity index (χ0v) is 19.2. The number of anilines is 3. The Morgan fingerprint density at radius 3 is 2.88 bits per heavy atom. The third-order valence-electron chi connectivity index (χ3n) is 5.90. The molecule has 166 valence electrons. The number of benzene rings is 2. The Morgan fingerprint density at radius 1 is 1.09 bits per heavy atom. The fourth-order valence-corrected chi connectivity index (χ4v) is 4.90. The van der Waals surface area contributed by atoms with E-state index >= 15 is 0 Å². The molecule has 0 spiro atoms. The lowest BCUT2D eigenvalue weighted by molar-refractivity contribution is 1.13. The van der Waals surface area contributed by atoms with Gasteiger partial charge in [-0.1, -0.05) is 18.2 Å². The summed E-state index contributed by atoms with van der Waals surface area (Å²) in [6.45, 7) is 0. The summed E-state index contributed by atoms with van der Waals surface area (Å²) >= 11 is 1.60. The number of rotatable bonds is 4. The molecule has 2 aromatic carbocycles. The SMILES string of the molecule is CNc1nc(-c2cccc3cnccc23)c2c(N(C)c3ccc4scnc4c3)cc(=O)[nH]c2n1. The molecule has 2 N–H and O–H groups in total. The van der Waals surface area contributed by atoms with Gasteiger partial charge >= 0.3 is 0 Å². The predicted molar refractivity (Wildman–Crippen MR) is 138 cm³/mol. The zero-order valence-electron chi connectivity index (χ0n) is 18.4. The Labute approximate surface area is 198 Å². The van der Waals surface area contributed by atoms with Crippen LogP contribution in [0.3, 0.4) is 0 Å². The van der Waals surface area contributed by atoms with Crippen LogP contribution < -0.4 is 15.8 Å². The number of thiazole rings is 1. The molecule has 0 unspecified atom stereocenters. The summed E-state index contributed by atoms with van der Waals surface area (Å²) in [5, 5.41) is 5.79. The quantitative estimate of drug-likeness (QED) is 0.380. The maximum absolute atomic E-state index is 12.7. The minimum atomic E-state index is -0.238. The Kier molecular flexibility index (Phi) is 4.70. The number of hydrogen-bond donors (Lipinski definition) is 2. The van der Waals surface area contributed by atoms with E-state index in [0.29, 0.717) is 17.3 Å². The average Bonchev–Trinajstić information content (AvgIpc) is 3.34. The number of pyridine rings is 2. The van der Waals surface area contributed by atoms with Crippen LogP contribution in [0, 0.1) is 0 Å². The first-order valence-corrected chi connectivity index (χ1v) is 11.5. The van der Waals surface area contributed by atoms with E-state index in [1.54, 1.807) is 30.6 Å². The topological polar surface area (TPSA) is 99.7 Å². The lowest BCUT2D eigenvalue weighted by Gasteiger charge is -2.22. The molecule has 9 heteroatoms. The summed E-state index contributed by atoms with van der Waals surface area (Å²) < 4.78 is 1.11. The van der Waals surface area contributed by atoms with Crippen molar-refractivity contribution in [3.8, 4) is 11.3 Å². The van der Waals surface area contributed by atoms with Gasteiger partial charge in [-0.15, -0.1) is 11.3 Å². The van der Waals surface area contributed by atoms with Gasteiger partial charge < -0.3 is 15.2 Å². The Bertz CT molecular complexity index is 1750. The van der Waals surface area contributed by atoms with Crippen molar-refractivity contribution in [2.24, 2.45) is 0 Å². The number of nitrogens with zero attached hydrogens (tertiary/aromatic N) is 5. The summed E-state index contributed by atoms with van der Waals surface area (Å²) in [7, 11) is 3.69. The van der Waals surface area contributed by atoms with E-state index in [0.717, 1.165) is 43.3 Å². The van der Waals surface area contributed by atoms with E-state index in [4.69, 9.17) is 4.98 Å². The number of aromatic nitrogens is 5. The first-order chi connectivity index (χ1) is 16.6. The van der Waals surface area contributed by atoms with Crippen molar-refractivity contribution in [2.75, 3.05) is 24.3 Å². The van der Waals surface area contributed by atoms with E-state index in [2.05, 4.69) is 25.3 Å². The summed E-state index contributed by atoms with van der Waals surface area (Å²) in [6.07, 6.45) is 3.60. The van der Waals surface area contributed by atoms with Gasteiger partial charge in [-0.2, -0.15) is 4.98 Å². The smallest absolute Gasteiger partial charge is 0.251 e. The van der Waals surface area contributed by atoms with Gasteiger partial charge in [0, 0.05) is 49.2 Å². The molecule has 0 atom stereocenters. The molecule has 8 nitrogen and oxygen atoms in total. The van der Waals surface area contributed by atoms with Gasteiger partial charge in [-0.05, 0) is 29.7 Å². The van der Waals surface area contributed by atoms with Crippen molar-refractivity contribution in [3.05, 3.63) is 76.8 Å². The standard InChI is InChI=1S/C25H19N7OS/c1-26-25-30-23(17-5-3-4-14-12-27-9-8-16(14)17)22-19(11-21(33)29-24(22)31-25)32(2)15-6-7-20-18(10-15)28-13-34-20/h3-13H,1-2H3,(H2,26,29,30,31,33). The van der Waals surface area contributed by atoms with E-state index < -0.39 is 0 Å². The molecular formula is C25H19N7OS. The van der Waals surface area contributed by atoms with Gasteiger partial charge in [0.1, 0.15) is 5.65 Å². The van der Waals surface area contributed by atoms with Gasteiger partial charge in [0.25, 0.3) is 5.56 Å². The lowest BCUT2D eigenvalue weighted by atomic mass is 10.0. The highest BCUT2D eigenvalue weighted by Crippen LogP contribution is 2.38. The number of hydrogen-bond acceptors (Lipinski definition) is 8. The highest BCUT2D eigenvalue weighted by Gasteiger charge is 2.20. The number of fused-ring (bicyclic) bond motifs is 3. The van der Waals surface area contributed by atoms with Crippen LogP contribution in [0.25, 0.3) is 43.3 Å². The molecule has 4 aromatic heterocycles. The fourth-order valence-electron chi connectivity index (χ4n) is 4.24. The molecule has 6 aromatic rings. The molecule has 0 amide bonds. The van der Waals surface area contributed by atoms with Crippen molar-refractivity contribution in [1.82, 2.24) is 24.9 Å². The molecule has 34 heavy (non-hydrogen) atoms. The van der Waals surface area contributed by atoms with E-state index in [-0.39, 0.29) is 5.56 Å². The second kappa shape index (κ2) is 7.89. The van der Waals surface area contributed by atoms with Gasteiger partial charge in [0.2, 0.25) is 5.95 Å². The van der Waals surface area contributed by atoms with Crippen LogP contribution in [0.5, 0.6) is 0 Å². The Balaban J connectivity index is 1.67. The van der Waals surface area contributed by atoms with Crippen LogP contribution in [-0.4, -0.2) is 39.0 Å². The number of nitrogens with one attached hydrogen (secondary N) is 2. The third kappa shape index (κ3) is 3.25. The lowest BCUT2D eigenvalue weighted by Crippen LogP contribution is -2.16. The van der Waals surface area contributed by atoms with Crippen LogP contribution in [0.1, 0.15) is 0 Å². The van der Waals surface area contributed by atoms with Crippen LogP contribution in [-0.2, 0) is 0 Å². The minimum Gasteiger partial charge on any atom is -0.357 e. The van der Waals surface area contributed by atoms with Gasteiger partial charge in [-0.25, -0.2) is 9.97 Å². The van der Waals surface area contributed by atoms with Crippen molar-refractivity contribution in [1.29, 1.82) is 0 Å². The first-order valence-electron chi connectivity index (χ1n) is 10.7. The summed E-state index contributed by atoms with van der Waals surface area (Å²) in [5.41, 5.74) is 6.24. The maximum Gasteiger partial charge on any atom is 0.251 e. The first kappa shape index (κ1) is 20.3. The highest BCUT2D eigenvalue weighted by molar-refractivity contribution is 7.16. The van der Waals surface area contributed by atoms with Crippen molar-refractivity contribution < 1.29 is 0 Å². The molecule has 0 saturated carbocycles. The molecule has 0 radical (unpaired) electrons. The van der Waals surface area contributed by atoms with Crippen LogP contribution in [0.2, 0.25) is 0 Å². The van der Waals surface area contributed by atoms with Crippen molar-refractivity contribution in [3.63, 3.8) is 0 Å². The molecule has 0 fully saturated rings. The molecule has 0 bridgehead atoms. The molecule has 0 aliphatic heterocycles. The Morgan fingerprint density at radius 2 is 2.00 bits per heavy atom. The summed E-state index contributed by atoms with van der Waals surface area (Å²) in [6, 6.07) is 15.7. The van der Waals surface area contributed by atoms with Gasteiger partial charge in [0.05, 0.1) is 32.5 Å². The average molecular weight is 466 g/mol. The monoisotopic (exact) mass is 465 g/mol. The molecule has 4 heterocycles. The number of H-pyrrole nitrogens is 1. The molecule has 0 saturated heterocycles. The van der Waals surface area contributed by atoms with E-state index in [1.807, 2.05) is 66.1 Å². The van der Waals surface area contributed by atoms with Crippen LogP contribution in [0.15, 0.2) is 71.2 Å². The zero-order chi connectivity index (χ0) is 23.2.